The summed E-state index contributed by atoms with van der Waals surface area (Å²) in [6.07, 6.45) is 2.06. The summed E-state index contributed by atoms with van der Waals surface area (Å²) in [6.45, 7) is 0.491. The molecule has 0 bridgehead atoms. The second kappa shape index (κ2) is 6.07. The fourth-order valence-corrected chi connectivity index (χ4v) is 5.65. The average Bonchev–Trinajstić information content (AvgIpc) is 2.85. The summed E-state index contributed by atoms with van der Waals surface area (Å²) >= 11 is 1.80. The van der Waals surface area contributed by atoms with Crippen molar-refractivity contribution < 1.29 is 21.9 Å². The lowest BCUT2D eigenvalue weighted by molar-refractivity contribution is -0.0673. The van der Waals surface area contributed by atoms with Crippen LogP contribution in [0.4, 0.5) is 8.78 Å². The third kappa shape index (κ3) is 3.45. The quantitative estimate of drug-likeness (QED) is 0.910. The first kappa shape index (κ1) is 16.2. The molecule has 3 rings (SSSR count). The summed E-state index contributed by atoms with van der Waals surface area (Å²) in [5.74, 6) is 0.0565. The first-order valence-electron chi connectivity index (χ1n) is 7.09. The normalized spacial score (nSPS) is 29.1. The van der Waals surface area contributed by atoms with E-state index in [1.165, 1.54) is 0 Å². The van der Waals surface area contributed by atoms with E-state index >= 15 is 0 Å². The number of thioether (sulfide) groups is 1. The largest absolute Gasteiger partial charge is 0.374 e. The molecule has 2 saturated heterocycles. The molecule has 0 unspecified atom stereocenters. The van der Waals surface area contributed by atoms with Crippen molar-refractivity contribution >= 4 is 21.8 Å². The van der Waals surface area contributed by atoms with Crippen molar-refractivity contribution in [2.75, 3.05) is 18.1 Å². The number of rotatable bonds is 3. The Bertz CT molecular complexity index is 640. The molecule has 0 radical (unpaired) electrons. The number of halogens is 2. The van der Waals surface area contributed by atoms with Crippen LogP contribution in [0.5, 0.6) is 0 Å². The van der Waals surface area contributed by atoms with Gasteiger partial charge in [-0.2, -0.15) is 11.8 Å². The smallest absolute Gasteiger partial charge is 0.241 e. The maximum atomic E-state index is 13.2. The number of benzene rings is 1. The van der Waals surface area contributed by atoms with E-state index in [1.807, 2.05) is 0 Å². The van der Waals surface area contributed by atoms with E-state index in [4.69, 9.17) is 4.74 Å². The third-order valence-corrected chi connectivity index (χ3v) is 6.75. The number of nitrogens with one attached hydrogen (secondary N) is 1. The first-order valence-corrected chi connectivity index (χ1v) is 9.73. The molecule has 2 aliphatic heterocycles. The van der Waals surface area contributed by atoms with Crippen LogP contribution in [0.3, 0.4) is 0 Å². The minimum absolute atomic E-state index is 0.261. The summed E-state index contributed by atoms with van der Waals surface area (Å²) in [5, 5.41) is 0. The second-order valence-electron chi connectivity index (χ2n) is 5.75. The molecule has 0 aliphatic carbocycles. The van der Waals surface area contributed by atoms with E-state index < -0.39 is 21.7 Å². The van der Waals surface area contributed by atoms with Gasteiger partial charge < -0.3 is 4.74 Å². The highest BCUT2D eigenvalue weighted by Gasteiger charge is 2.41. The molecule has 4 nitrogen and oxygen atoms in total. The van der Waals surface area contributed by atoms with Crippen molar-refractivity contribution in [3.63, 3.8) is 0 Å². The third-order valence-electron chi connectivity index (χ3n) is 4.03. The SMILES string of the molecule is O=S(=O)(N[C@@H]1CCO[C@]2(CCSC2)C1)c1cc(F)cc(F)c1. The van der Waals surface area contributed by atoms with Gasteiger partial charge in [0.25, 0.3) is 0 Å². The minimum Gasteiger partial charge on any atom is -0.374 e. The Morgan fingerprint density at radius 1 is 1.27 bits per heavy atom. The molecular weight excluding hydrogens is 332 g/mol. The summed E-state index contributed by atoms with van der Waals surface area (Å²) in [7, 11) is -3.94. The molecule has 2 aliphatic rings. The van der Waals surface area contributed by atoms with Gasteiger partial charge in [0.15, 0.2) is 0 Å². The Hall–Kier alpha value is -0.700. The van der Waals surface area contributed by atoms with Crippen LogP contribution in [0.25, 0.3) is 0 Å². The minimum atomic E-state index is -3.94. The van der Waals surface area contributed by atoms with Gasteiger partial charge in [0, 0.05) is 24.5 Å². The fraction of sp³-hybridized carbons (Fsp3) is 0.571. The van der Waals surface area contributed by atoms with Gasteiger partial charge in [0.2, 0.25) is 10.0 Å². The van der Waals surface area contributed by atoms with Crippen molar-refractivity contribution in [2.24, 2.45) is 0 Å². The van der Waals surface area contributed by atoms with Crippen LogP contribution in [0.1, 0.15) is 19.3 Å². The highest BCUT2D eigenvalue weighted by Crippen LogP contribution is 2.38. The molecule has 1 spiro atoms. The number of sulfonamides is 1. The van der Waals surface area contributed by atoms with E-state index in [-0.39, 0.29) is 16.5 Å². The topological polar surface area (TPSA) is 55.4 Å². The van der Waals surface area contributed by atoms with E-state index in [0.717, 1.165) is 30.1 Å². The van der Waals surface area contributed by atoms with E-state index in [0.29, 0.717) is 25.5 Å². The summed E-state index contributed by atoms with van der Waals surface area (Å²) in [4.78, 5) is -0.383. The Morgan fingerprint density at radius 3 is 2.64 bits per heavy atom. The van der Waals surface area contributed by atoms with Gasteiger partial charge in [-0.3, -0.25) is 0 Å². The van der Waals surface area contributed by atoms with Crippen molar-refractivity contribution in [2.45, 2.75) is 35.8 Å². The zero-order valence-corrected chi connectivity index (χ0v) is 13.5. The second-order valence-corrected chi connectivity index (χ2v) is 8.57. The maximum absolute atomic E-state index is 13.2. The molecule has 22 heavy (non-hydrogen) atoms. The lowest BCUT2D eigenvalue weighted by Gasteiger charge is -2.37. The van der Waals surface area contributed by atoms with E-state index in [1.54, 1.807) is 11.8 Å². The van der Waals surface area contributed by atoms with Crippen LogP contribution in [-0.2, 0) is 14.8 Å². The van der Waals surface area contributed by atoms with Gasteiger partial charge in [-0.1, -0.05) is 0 Å². The highest BCUT2D eigenvalue weighted by molar-refractivity contribution is 7.99. The predicted molar refractivity (Wildman–Crippen MR) is 80.3 cm³/mol. The van der Waals surface area contributed by atoms with Crippen LogP contribution >= 0.6 is 11.8 Å². The van der Waals surface area contributed by atoms with E-state index in [9.17, 15) is 17.2 Å². The van der Waals surface area contributed by atoms with Crippen molar-refractivity contribution in [1.29, 1.82) is 0 Å². The van der Waals surface area contributed by atoms with Gasteiger partial charge in [-0.15, -0.1) is 0 Å². The number of hydrogen-bond acceptors (Lipinski definition) is 4. The summed E-state index contributed by atoms with van der Waals surface area (Å²) in [6, 6.07) is 2.03. The Labute approximate surface area is 132 Å². The van der Waals surface area contributed by atoms with Crippen molar-refractivity contribution in [3.8, 4) is 0 Å². The Kier molecular flexibility index (Phi) is 4.46. The molecular formula is C14H17F2NO3S2. The van der Waals surface area contributed by atoms with Gasteiger partial charge >= 0.3 is 0 Å². The van der Waals surface area contributed by atoms with Crippen LogP contribution in [0.15, 0.2) is 23.1 Å². The molecule has 2 fully saturated rings. The average molecular weight is 349 g/mol. The Morgan fingerprint density at radius 2 is 2.00 bits per heavy atom. The Balaban J connectivity index is 1.76. The van der Waals surface area contributed by atoms with Crippen LogP contribution < -0.4 is 4.72 Å². The van der Waals surface area contributed by atoms with Crippen molar-refractivity contribution in [3.05, 3.63) is 29.8 Å². The zero-order valence-electron chi connectivity index (χ0n) is 11.8. The number of ether oxygens (including phenoxy) is 1. The molecule has 0 saturated carbocycles. The monoisotopic (exact) mass is 349 g/mol. The van der Waals surface area contributed by atoms with Gasteiger partial charge in [0.05, 0.1) is 10.5 Å². The van der Waals surface area contributed by atoms with Crippen LogP contribution in [0, 0.1) is 11.6 Å². The zero-order chi connectivity index (χ0) is 15.8. The standard InChI is InChI=1S/C14H17F2NO3S2/c15-10-5-11(16)7-13(6-10)22(18,19)17-12-1-3-20-14(8-12)2-4-21-9-14/h5-7,12,17H,1-4,8-9H2/t12-,14-/m1/s1. The van der Waals surface area contributed by atoms with Crippen LogP contribution in [0.2, 0.25) is 0 Å². The molecule has 122 valence electrons. The maximum Gasteiger partial charge on any atom is 0.241 e. The molecule has 1 aromatic carbocycles. The van der Waals surface area contributed by atoms with Crippen LogP contribution in [-0.4, -0.2) is 38.2 Å². The van der Waals surface area contributed by atoms with E-state index in [2.05, 4.69) is 4.72 Å². The van der Waals surface area contributed by atoms with Gasteiger partial charge in [0.1, 0.15) is 11.6 Å². The predicted octanol–water partition coefficient (Wildman–Crippen LogP) is 2.30. The molecule has 0 amide bonds. The molecule has 8 heteroatoms. The molecule has 0 aromatic heterocycles. The first-order chi connectivity index (χ1) is 10.4. The molecule has 1 aromatic rings. The number of hydrogen-bond donors (Lipinski definition) is 1. The molecule has 1 N–H and O–H groups in total. The van der Waals surface area contributed by atoms with Crippen molar-refractivity contribution in [1.82, 2.24) is 4.72 Å². The summed E-state index contributed by atoms with van der Waals surface area (Å²) in [5.41, 5.74) is -0.261. The lowest BCUT2D eigenvalue weighted by Crippen LogP contribution is -2.48. The lowest BCUT2D eigenvalue weighted by atomic mass is 9.90. The summed E-state index contributed by atoms with van der Waals surface area (Å²) < 4.78 is 59.5. The fourth-order valence-electron chi connectivity index (χ4n) is 2.96. The van der Waals surface area contributed by atoms with Gasteiger partial charge in [-0.25, -0.2) is 21.9 Å². The molecule has 2 atom stereocenters. The van der Waals surface area contributed by atoms with Gasteiger partial charge in [-0.05, 0) is 37.1 Å². The highest BCUT2D eigenvalue weighted by atomic mass is 32.2. The molecule has 2 heterocycles.